The van der Waals surface area contributed by atoms with Crippen molar-refractivity contribution in [1.29, 1.82) is 0 Å². The molecule has 0 N–H and O–H groups in total. The topological polar surface area (TPSA) is 35.5 Å². The molecule has 0 unspecified atom stereocenters. The lowest BCUT2D eigenvalue weighted by atomic mass is 10.1. The van der Waals surface area contributed by atoms with Gasteiger partial charge in [0.2, 0.25) is 0 Å². The molecule has 0 saturated carbocycles. The number of benzene rings is 2. The van der Waals surface area contributed by atoms with E-state index in [4.69, 9.17) is 4.74 Å². The highest BCUT2D eigenvalue weighted by molar-refractivity contribution is 9.10. The molecule has 0 bridgehead atoms. The Bertz CT molecular complexity index is 671. The number of carbonyl (C=O) groups is 1. The van der Waals surface area contributed by atoms with Crippen LogP contribution in [0.15, 0.2) is 40.9 Å². The summed E-state index contributed by atoms with van der Waals surface area (Å²) in [5, 5.41) is 0. The largest absolute Gasteiger partial charge is 0.486 e. The summed E-state index contributed by atoms with van der Waals surface area (Å²) in [7, 11) is 1.33. The van der Waals surface area contributed by atoms with Crippen molar-refractivity contribution < 1.29 is 18.7 Å². The molecule has 5 heteroatoms. The molecule has 0 saturated heterocycles. The highest BCUT2D eigenvalue weighted by Crippen LogP contribution is 2.24. The van der Waals surface area contributed by atoms with Gasteiger partial charge in [0, 0.05) is 10.0 Å². The molecule has 110 valence electrons. The van der Waals surface area contributed by atoms with E-state index in [-0.39, 0.29) is 18.2 Å². The minimum Gasteiger partial charge on any atom is -0.486 e. The maximum absolute atomic E-state index is 13.8. The molecule has 0 aliphatic rings. The number of ether oxygens (including phenoxy) is 2. The quantitative estimate of drug-likeness (QED) is 0.771. The molecule has 21 heavy (non-hydrogen) atoms. The fraction of sp³-hybridized carbons (Fsp3) is 0.188. The van der Waals surface area contributed by atoms with E-state index in [1.165, 1.54) is 7.11 Å². The highest BCUT2D eigenvalue weighted by atomic mass is 79.9. The van der Waals surface area contributed by atoms with Gasteiger partial charge in [-0.15, -0.1) is 0 Å². The minimum absolute atomic E-state index is 0.197. The second kappa shape index (κ2) is 6.72. The Hall–Kier alpha value is -1.88. The maximum atomic E-state index is 13.8. The zero-order valence-electron chi connectivity index (χ0n) is 11.7. The first-order valence-electron chi connectivity index (χ1n) is 6.27. The molecule has 0 heterocycles. The number of methoxy groups -OCH3 is 1. The minimum atomic E-state index is -0.409. The Labute approximate surface area is 130 Å². The molecule has 2 aromatic carbocycles. The van der Waals surface area contributed by atoms with E-state index >= 15 is 0 Å². The molecular weight excluding hydrogens is 339 g/mol. The molecule has 2 aromatic rings. The Balaban J connectivity index is 2.13. The fourth-order valence-corrected chi connectivity index (χ4v) is 2.29. The zero-order valence-corrected chi connectivity index (χ0v) is 13.2. The third-order valence-electron chi connectivity index (χ3n) is 3.01. The van der Waals surface area contributed by atoms with Gasteiger partial charge in [-0.3, -0.25) is 0 Å². The van der Waals surface area contributed by atoms with E-state index in [1.807, 2.05) is 0 Å². The number of esters is 1. The highest BCUT2D eigenvalue weighted by Gasteiger charge is 2.10. The van der Waals surface area contributed by atoms with Gasteiger partial charge in [0.05, 0.1) is 12.7 Å². The monoisotopic (exact) mass is 352 g/mol. The van der Waals surface area contributed by atoms with Crippen molar-refractivity contribution in [2.24, 2.45) is 0 Å². The first-order chi connectivity index (χ1) is 10.0. The molecule has 0 atom stereocenters. The normalized spacial score (nSPS) is 10.3. The molecule has 0 radical (unpaired) electrons. The predicted molar refractivity (Wildman–Crippen MR) is 81.0 cm³/mol. The second-order valence-electron chi connectivity index (χ2n) is 4.47. The van der Waals surface area contributed by atoms with Crippen molar-refractivity contribution in [1.82, 2.24) is 0 Å². The first kappa shape index (κ1) is 15.5. The van der Waals surface area contributed by atoms with Gasteiger partial charge >= 0.3 is 5.97 Å². The molecule has 2 rings (SSSR count). The lowest BCUT2D eigenvalue weighted by Gasteiger charge is -2.10. The van der Waals surface area contributed by atoms with Gasteiger partial charge in [0.1, 0.15) is 6.61 Å². The molecule has 0 aliphatic carbocycles. The van der Waals surface area contributed by atoms with Crippen LogP contribution in [0, 0.1) is 12.7 Å². The number of carbonyl (C=O) groups excluding carboxylic acids is 1. The van der Waals surface area contributed by atoms with Crippen molar-refractivity contribution in [3.63, 3.8) is 0 Å². The summed E-state index contributed by atoms with van der Waals surface area (Å²) in [6.45, 7) is 1.88. The van der Waals surface area contributed by atoms with Gasteiger partial charge in [-0.05, 0) is 30.7 Å². The van der Waals surface area contributed by atoms with Crippen LogP contribution in [0.3, 0.4) is 0 Å². The Morgan fingerprint density at radius 2 is 2.05 bits per heavy atom. The molecule has 0 spiro atoms. The SMILES string of the molecule is COC(=O)c1ccc(COc2cccc(C)c2F)c(Br)c1. The number of hydrogen-bond donors (Lipinski definition) is 0. The van der Waals surface area contributed by atoms with Gasteiger partial charge in [-0.2, -0.15) is 0 Å². The second-order valence-corrected chi connectivity index (χ2v) is 5.33. The number of halogens is 2. The number of rotatable bonds is 4. The first-order valence-corrected chi connectivity index (χ1v) is 7.07. The third kappa shape index (κ3) is 3.61. The van der Waals surface area contributed by atoms with Gasteiger partial charge in [-0.25, -0.2) is 9.18 Å². The molecule has 0 fully saturated rings. The number of aryl methyl sites for hydroxylation is 1. The molecule has 0 aliphatic heterocycles. The molecular formula is C16H14BrFO3. The molecule has 0 aromatic heterocycles. The van der Waals surface area contributed by atoms with Crippen molar-refractivity contribution in [2.75, 3.05) is 7.11 Å². The van der Waals surface area contributed by atoms with Crippen LogP contribution in [0.25, 0.3) is 0 Å². The van der Waals surface area contributed by atoms with Crippen LogP contribution in [0.1, 0.15) is 21.5 Å². The van der Waals surface area contributed by atoms with E-state index < -0.39 is 5.97 Å². The van der Waals surface area contributed by atoms with Crippen LogP contribution in [0.2, 0.25) is 0 Å². The summed E-state index contributed by atoms with van der Waals surface area (Å²) in [6, 6.07) is 10.0. The summed E-state index contributed by atoms with van der Waals surface area (Å²) in [6.07, 6.45) is 0. The summed E-state index contributed by atoms with van der Waals surface area (Å²) in [4.78, 5) is 11.4. The van der Waals surface area contributed by atoms with Crippen LogP contribution in [0.4, 0.5) is 4.39 Å². The van der Waals surface area contributed by atoms with Crippen LogP contribution < -0.4 is 4.74 Å². The van der Waals surface area contributed by atoms with Crippen molar-refractivity contribution in [3.8, 4) is 5.75 Å². The van der Waals surface area contributed by atoms with Crippen LogP contribution in [-0.2, 0) is 11.3 Å². The average molecular weight is 353 g/mol. The Kier molecular flexibility index (Phi) is 4.96. The van der Waals surface area contributed by atoms with E-state index in [9.17, 15) is 9.18 Å². The summed E-state index contributed by atoms with van der Waals surface area (Å²) in [5.74, 6) is -0.563. The van der Waals surface area contributed by atoms with Gasteiger partial charge in [0.15, 0.2) is 11.6 Å². The van der Waals surface area contributed by atoms with Crippen LogP contribution >= 0.6 is 15.9 Å². The van der Waals surface area contributed by atoms with Crippen molar-refractivity contribution in [3.05, 3.63) is 63.4 Å². The van der Waals surface area contributed by atoms with Crippen molar-refractivity contribution >= 4 is 21.9 Å². The van der Waals surface area contributed by atoms with Crippen LogP contribution in [0.5, 0.6) is 5.75 Å². The third-order valence-corrected chi connectivity index (χ3v) is 3.75. The number of hydrogen-bond acceptors (Lipinski definition) is 3. The summed E-state index contributed by atoms with van der Waals surface area (Å²) >= 11 is 3.37. The molecule has 0 amide bonds. The zero-order chi connectivity index (χ0) is 15.4. The fourth-order valence-electron chi connectivity index (χ4n) is 1.80. The molecule has 3 nitrogen and oxygen atoms in total. The van der Waals surface area contributed by atoms with Gasteiger partial charge < -0.3 is 9.47 Å². The maximum Gasteiger partial charge on any atom is 0.337 e. The van der Waals surface area contributed by atoms with Crippen molar-refractivity contribution in [2.45, 2.75) is 13.5 Å². The summed E-state index contributed by atoms with van der Waals surface area (Å²) in [5.41, 5.74) is 1.78. The van der Waals surface area contributed by atoms with E-state index in [0.29, 0.717) is 15.6 Å². The van der Waals surface area contributed by atoms with Crippen LogP contribution in [-0.4, -0.2) is 13.1 Å². The van der Waals surface area contributed by atoms with E-state index in [1.54, 1.807) is 43.3 Å². The van der Waals surface area contributed by atoms with Gasteiger partial charge in [-0.1, -0.05) is 34.1 Å². The Morgan fingerprint density at radius 3 is 2.71 bits per heavy atom. The standard InChI is InChI=1S/C16H14BrFO3/c1-10-4-3-5-14(15(10)18)21-9-12-7-6-11(8-13(12)17)16(19)20-2/h3-8H,9H2,1-2H3. The van der Waals surface area contributed by atoms with Gasteiger partial charge in [0.25, 0.3) is 0 Å². The Morgan fingerprint density at radius 1 is 1.29 bits per heavy atom. The smallest absolute Gasteiger partial charge is 0.337 e. The predicted octanol–water partition coefficient (Wildman–Crippen LogP) is 4.26. The lowest BCUT2D eigenvalue weighted by molar-refractivity contribution is 0.0600. The van der Waals surface area contributed by atoms with E-state index in [2.05, 4.69) is 20.7 Å². The average Bonchev–Trinajstić information content (AvgIpc) is 2.49. The van der Waals surface area contributed by atoms with E-state index in [0.717, 1.165) is 5.56 Å². The lowest BCUT2D eigenvalue weighted by Crippen LogP contribution is -2.03. The summed E-state index contributed by atoms with van der Waals surface area (Å²) < 4.78 is 24.7.